The Balaban J connectivity index is 2.59. The summed E-state index contributed by atoms with van der Waals surface area (Å²) >= 11 is 0.579. The van der Waals surface area contributed by atoms with Gasteiger partial charge in [0, 0.05) is 6.54 Å². The number of guanidine groups is 1. The van der Waals surface area contributed by atoms with E-state index in [-0.39, 0.29) is 22.6 Å². The molecule has 1 aliphatic rings. The van der Waals surface area contributed by atoms with Gasteiger partial charge in [0.1, 0.15) is 0 Å². The van der Waals surface area contributed by atoms with Crippen molar-refractivity contribution in [2.45, 2.75) is 24.2 Å². The lowest BCUT2D eigenvalue weighted by molar-refractivity contribution is -0.144. The lowest BCUT2D eigenvalue weighted by atomic mass is 10.1. The Kier molecular flexibility index (Phi) is 4.00. The number of fused-ring (bicyclic) bond motifs is 1. The van der Waals surface area contributed by atoms with Crippen LogP contribution in [0.1, 0.15) is 18.1 Å². The number of hydrogen-bond donors (Lipinski definition) is 2. The Hall–Kier alpha value is -1.58. The third-order valence-corrected chi connectivity index (χ3v) is 3.48. The zero-order valence-corrected chi connectivity index (χ0v) is 11.3. The number of alkyl halides is 6. The summed E-state index contributed by atoms with van der Waals surface area (Å²) in [7, 11) is 0. The van der Waals surface area contributed by atoms with Crippen LogP contribution >= 0.6 is 11.9 Å². The highest BCUT2D eigenvalue weighted by Crippen LogP contribution is 2.44. The van der Waals surface area contributed by atoms with Gasteiger partial charge in [0.25, 0.3) is 0 Å². The third-order valence-electron chi connectivity index (χ3n) is 2.54. The standard InChI is InChI=1S/C11H9F6N3S/c1-2-18-9-19-7-4-5(10(12,13)14)3-6(11(15,16)17)8(7)21-20-9/h3-4H,2H2,1H3,(H2,18,19,20). The number of aliphatic imine (C=N–C) groups is 1. The molecule has 0 radical (unpaired) electrons. The highest BCUT2D eigenvalue weighted by Gasteiger charge is 2.40. The van der Waals surface area contributed by atoms with Crippen LogP contribution in [0, 0.1) is 0 Å². The number of nitrogens with zero attached hydrogens (tertiary/aromatic N) is 1. The van der Waals surface area contributed by atoms with Crippen LogP contribution in [0.3, 0.4) is 0 Å². The van der Waals surface area contributed by atoms with Gasteiger partial charge in [-0.3, -0.25) is 9.71 Å². The molecule has 10 heteroatoms. The summed E-state index contributed by atoms with van der Waals surface area (Å²) in [6.45, 7) is 2.01. The molecule has 0 spiro atoms. The van der Waals surface area contributed by atoms with Crippen molar-refractivity contribution in [1.29, 1.82) is 0 Å². The minimum absolute atomic E-state index is 0.108. The van der Waals surface area contributed by atoms with Crippen LogP contribution in [0.5, 0.6) is 0 Å². The molecule has 2 rings (SSSR count). The molecule has 0 fully saturated rings. The highest BCUT2D eigenvalue weighted by atomic mass is 32.2. The molecule has 0 aromatic heterocycles. The summed E-state index contributed by atoms with van der Waals surface area (Å²) in [6.07, 6.45) is -9.75. The molecule has 1 aromatic rings. The zero-order chi connectivity index (χ0) is 15.8. The van der Waals surface area contributed by atoms with E-state index < -0.39 is 23.5 Å². The van der Waals surface area contributed by atoms with Gasteiger partial charge in [-0.15, -0.1) is 0 Å². The molecule has 0 atom stereocenters. The second kappa shape index (κ2) is 5.32. The van der Waals surface area contributed by atoms with Gasteiger partial charge in [0.15, 0.2) is 0 Å². The van der Waals surface area contributed by atoms with E-state index in [1.165, 1.54) is 0 Å². The van der Waals surface area contributed by atoms with E-state index >= 15 is 0 Å². The molecule has 3 nitrogen and oxygen atoms in total. The summed E-state index contributed by atoms with van der Waals surface area (Å²) in [6, 6.07) is 0.751. The molecule has 1 aliphatic heterocycles. The molecule has 0 saturated heterocycles. The molecule has 2 N–H and O–H groups in total. The van der Waals surface area contributed by atoms with Gasteiger partial charge in [-0.25, -0.2) is 0 Å². The molecular formula is C11H9F6N3S. The Labute approximate surface area is 119 Å². The van der Waals surface area contributed by atoms with Gasteiger partial charge in [-0.2, -0.15) is 26.3 Å². The number of nitrogens with one attached hydrogen (secondary N) is 2. The molecule has 0 bridgehead atoms. The maximum Gasteiger partial charge on any atom is 0.417 e. The number of halogens is 6. The molecule has 116 valence electrons. The first-order valence-corrected chi connectivity index (χ1v) is 6.51. The zero-order valence-electron chi connectivity index (χ0n) is 10.5. The predicted molar refractivity (Wildman–Crippen MR) is 67.0 cm³/mol. The van der Waals surface area contributed by atoms with Gasteiger partial charge in [-0.05, 0) is 31.0 Å². The maximum absolute atomic E-state index is 12.9. The third kappa shape index (κ3) is 3.36. The van der Waals surface area contributed by atoms with Crippen molar-refractivity contribution >= 4 is 23.6 Å². The fourth-order valence-electron chi connectivity index (χ4n) is 1.69. The van der Waals surface area contributed by atoms with Crippen LogP contribution in [0.25, 0.3) is 0 Å². The fourth-order valence-corrected chi connectivity index (χ4v) is 2.51. The minimum Gasteiger partial charge on any atom is -0.325 e. The van der Waals surface area contributed by atoms with Gasteiger partial charge >= 0.3 is 12.4 Å². The van der Waals surface area contributed by atoms with E-state index in [2.05, 4.69) is 15.0 Å². The summed E-state index contributed by atoms with van der Waals surface area (Å²) in [5, 5.41) is 2.44. The minimum atomic E-state index is -4.89. The number of anilines is 1. The van der Waals surface area contributed by atoms with Crippen LogP contribution in [0.2, 0.25) is 0 Å². The smallest absolute Gasteiger partial charge is 0.325 e. The molecule has 0 saturated carbocycles. The van der Waals surface area contributed by atoms with E-state index in [4.69, 9.17) is 0 Å². The second-order valence-corrected chi connectivity index (χ2v) is 4.86. The van der Waals surface area contributed by atoms with Crippen molar-refractivity contribution < 1.29 is 26.3 Å². The van der Waals surface area contributed by atoms with Crippen molar-refractivity contribution in [1.82, 2.24) is 4.72 Å². The van der Waals surface area contributed by atoms with Crippen molar-refractivity contribution in [2.24, 2.45) is 4.99 Å². The second-order valence-electron chi connectivity index (χ2n) is 4.05. The first kappa shape index (κ1) is 15.8. The molecule has 0 aliphatic carbocycles. The molecule has 0 unspecified atom stereocenters. The van der Waals surface area contributed by atoms with E-state index in [0.29, 0.717) is 24.6 Å². The lowest BCUT2D eigenvalue weighted by Gasteiger charge is -2.25. The Morgan fingerprint density at radius 1 is 1.10 bits per heavy atom. The lowest BCUT2D eigenvalue weighted by Crippen LogP contribution is -2.31. The molecular weight excluding hydrogens is 320 g/mol. The van der Waals surface area contributed by atoms with Crippen LogP contribution in [-0.2, 0) is 12.4 Å². The van der Waals surface area contributed by atoms with Crippen LogP contribution in [0.4, 0.5) is 32.0 Å². The van der Waals surface area contributed by atoms with E-state index in [1.54, 1.807) is 6.92 Å². The Morgan fingerprint density at radius 2 is 1.76 bits per heavy atom. The number of hydrogen-bond acceptors (Lipinski definition) is 2. The fraction of sp³-hybridized carbons (Fsp3) is 0.364. The predicted octanol–water partition coefficient (Wildman–Crippen LogP) is 4.12. The Morgan fingerprint density at radius 3 is 2.29 bits per heavy atom. The first-order valence-electron chi connectivity index (χ1n) is 5.69. The van der Waals surface area contributed by atoms with Gasteiger partial charge < -0.3 is 5.32 Å². The maximum atomic E-state index is 12.9. The van der Waals surface area contributed by atoms with E-state index in [9.17, 15) is 26.3 Å². The van der Waals surface area contributed by atoms with E-state index in [1.807, 2.05) is 0 Å². The normalized spacial score (nSPS) is 17.2. The first-order chi connectivity index (χ1) is 9.63. The van der Waals surface area contributed by atoms with Crippen LogP contribution in [-0.4, -0.2) is 12.5 Å². The summed E-state index contributed by atoms with van der Waals surface area (Å²) in [4.78, 5) is 3.54. The van der Waals surface area contributed by atoms with Gasteiger partial charge in [0.2, 0.25) is 5.96 Å². The van der Waals surface area contributed by atoms with Crippen LogP contribution < -0.4 is 10.0 Å². The van der Waals surface area contributed by atoms with Crippen molar-refractivity contribution in [3.63, 3.8) is 0 Å². The van der Waals surface area contributed by atoms with Crippen molar-refractivity contribution in [2.75, 3.05) is 11.9 Å². The van der Waals surface area contributed by atoms with Crippen molar-refractivity contribution in [3.05, 3.63) is 23.3 Å². The van der Waals surface area contributed by atoms with E-state index in [0.717, 1.165) is 0 Å². The average Bonchev–Trinajstić information content (AvgIpc) is 2.35. The molecule has 21 heavy (non-hydrogen) atoms. The topological polar surface area (TPSA) is 36.4 Å². The quantitative estimate of drug-likeness (QED) is 0.601. The van der Waals surface area contributed by atoms with Crippen molar-refractivity contribution in [3.8, 4) is 0 Å². The monoisotopic (exact) mass is 329 g/mol. The number of benzene rings is 1. The molecule has 1 aromatic carbocycles. The number of rotatable bonds is 1. The average molecular weight is 329 g/mol. The van der Waals surface area contributed by atoms with Gasteiger partial charge in [-0.1, -0.05) is 0 Å². The Bertz CT molecular complexity index is 579. The summed E-state index contributed by atoms with van der Waals surface area (Å²) in [5.41, 5.74) is -2.97. The molecule has 1 heterocycles. The van der Waals surface area contributed by atoms with Crippen LogP contribution in [0.15, 0.2) is 22.0 Å². The largest absolute Gasteiger partial charge is 0.417 e. The SMILES string of the molecule is CCN=C1NSc2c(cc(C(F)(F)F)cc2C(F)(F)F)N1. The van der Waals surface area contributed by atoms with Gasteiger partial charge in [0.05, 0.1) is 21.7 Å². The summed E-state index contributed by atoms with van der Waals surface area (Å²) < 4.78 is 79.5. The highest BCUT2D eigenvalue weighted by molar-refractivity contribution is 7.98. The molecule has 0 amide bonds. The summed E-state index contributed by atoms with van der Waals surface area (Å²) in [5.74, 6) is 0.113.